The predicted octanol–water partition coefficient (Wildman–Crippen LogP) is 1.78. The lowest BCUT2D eigenvalue weighted by Crippen LogP contribution is -2.39. The van der Waals surface area contributed by atoms with Crippen molar-refractivity contribution in [2.75, 3.05) is 6.54 Å². The van der Waals surface area contributed by atoms with Gasteiger partial charge in [0.2, 0.25) is 0 Å². The van der Waals surface area contributed by atoms with E-state index in [1.807, 2.05) is 6.92 Å². The van der Waals surface area contributed by atoms with Crippen LogP contribution in [0.15, 0.2) is 0 Å². The van der Waals surface area contributed by atoms with Gasteiger partial charge in [0, 0.05) is 6.04 Å². The zero-order chi connectivity index (χ0) is 9.56. The first kappa shape index (κ1) is 11.9. The summed E-state index contributed by atoms with van der Waals surface area (Å²) in [7, 11) is 0. The van der Waals surface area contributed by atoms with E-state index in [1.54, 1.807) is 0 Å². The van der Waals surface area contributed by atoms with Gasteiger partial charge in [0.1, 0.15) is 0 Å². The largest absolute Gasteiger partial charge is 0.392 e. The van der Waals surface area contributed by atoms with Crippen molar-refractivity contribution >= 4 is 0 Å². The van der Waals surface area contributed by atoms with E-state index < -0.39 is 0 Å². The van der Waals surface area contributed by atoms with Crippen LogP contribution in [-0.4, -0.2) is 23.8 Å². The molecule has 74 valence electrons. The molecule has 0 aliphatic heterocycles. The molecular formula is C10H23NO. The highest BCUT2D eigenvalue weighted by Crippen LogP contribution is 2.02. The van der Waals surface area contributed by atoms with Crippen LogP contribution in [0.25, 0.3) is 0 Å². The van der Waals surface area contributed by atoms with E-state index in [-0.39, 0.29) is 12.1 Å². The van der Waals surface area contributed by atoms with Gasteiger partial charge in [0.25, 0.3) is 0 Å². The van der Waals surface area contributed by atoms with Crippen molar-refractivity contribution in [1.29, 1.82) is 0 Å². The molecule has 0 radical (unpaired) electrons. The lowest BCUT2D eigenvalue weighted by atomic mass is 10.1. The number of rotatable bonds is 6. The molecule has 0 heterocycles. The van der Waals surface area contributed by atoms with Crippen LogP contribution in [0.3, 0.4) is 0 Å². The third-order valence-electron chi connectivity index (χ3n) is 1.97. The third-order valence-corrected chi connectivity index (χ3v) is 1.97. The summed E-state index contributed by atoms with van der Waals surface area (Å²) in [5, 5.41) is 12.8. The molecule has 0 saturated heterocycles. The minimum atomic E-state index is -0.233. The summed E-state index contributed by atoms with van der Waals surface area (Å²) in [6.07, 6.45) is 1.95. The van der Waals surface area contributed by atoms with Gasteiger partial charge >= 0.3 is 0 Å². The molecule has 2 unspecified atom stereocenters. The zero-order valence-electron chi connectivity index (χ0n) is 8.80. The van der Waals surface area contributed by atoms with Crippen LogP contribution in [0.5, 0.6) is 0 Å². The number of aliphatic hydroxyl groups is 1. The second kappa shape index (κ2) is 6.44. The van der Waals surface area contributed by atoms with Gasteiger partial charge in [-0.15, -0.1) is 0 Å². The number of nitrogens with one attached hydrogen (secondary N) is 1. The minimum Gasteiger partial charge on any atom is -0.392 e. The van der Waals surface area contributed by atoms with Crippen molar-refractivity contribution in [3.05, 3.63) is 0 Å². The fourth-order valence-corrected chi connectivity index (χ4v) is 1.21. The lowest BCUT2D eigenvalue weighted by molar-refractivity contribution is 0.137. The van der Waals surface area contributed by atoms with Crippen LogP contribution in [0.1, 0.15) is 40.5 Å². The number of aliphatic hydroxyl groups excluding tert-OH is 1. The van der Waals surface area contributed by atoms with E-state index in [4.69, 9.17) is 0 Å². The fourth-order valence-electron chi connectivity index (χ4n) is 1.21. The van der Waals surface area contributed by atoms with E-state index in [2.05, 4.69) is 26.1 Å². The Morgan fingerprint density at radius 3 is 2.17 bits per heavy atom. The predicted molar refractivity (Wildman–Crippen MR) is 53.2 cm³/mol. The second-order valence-corrected chi connectivity index (χ2v) is 3.94. The first-order chi connectivity index (χ1) is 5.57. The summed E-state index contributed by atoms with van der Waals surface area (Å²) in [4.78, 5) is 0. The van der Waals surface area contributed by atoms with Gasteiger partial charge in [-0.3, -0.25) is 0 Å². The van der Waals surface area contributed by atoms with E-state index in [9.17, 15) is 5.11 Å². The van der Waals surface area contributed by atoms with Gasteiger partial charge in [-0.05, 0) is 25.8 Å². The lowest BCUT2D eigenvalue weighted by Gasteiger charge is -2.21. The molecule has 12 heavy (non-hydrogen) atoms. The molecule has 0 bridgehead atoms. The van der Waals surface area contributed by atoms with E-state index >= 15 is 0 Å². The molecule has 0 amide bonds. The maximum Gasteiger partial charge on any atom is 0.0665 e. The van der Waals surface area contributed by atoms with Gasteiger partial charge < -0.3 is 10.4 Å². The summed E-state index contributed by atoms with van der Waals surface area (Å²) < 4.78 is 0. The molecule has 2 nitrogen and oxygen atoms in total. The summed E-state index contributed by atoms with van der Waals surface area (Å²) in [5.41, 5.74) is 0. The maximum absolute atomic E-state index is 9.39. The summed E-state index contributed by atoms with van der Waals surface area (Å²) in [6.45, 7) is 9.35. The second-order valence-electron chi connectivity index (χ2n) is 3.94. The summed E-state index contributed by atoms with van der Waals surface area (Å²) >= 11 is 0. The molecule has 0 aliphatic rings. The molecular weight excluding hydrogens is 150 g/mol. The van der Waals surface area contributed by atoms with Gasteiger partial charge in [-0.2, -0.15) is 0 Å². The van der Waals surface area contributed by atoms with Crippen molar-refractivity contribution in [3.63, 3.8) is 0 Å². The Morgan fingerprint density at radius 1 is 1.25 bits per heavy atom. The maximum atomic E-state index is 9.39. The smallest absolute Gasteiger partial charge is 0.0665 e. The van der Waals surface area contributed by atoms with Crippen LogP contribution in [-0.2, 0) is 0 Å². The molecule has 0 aromatic carbocycles. The van der Waals surface area contributed by atoms with Gasteiger partial charge in [0.15, 0.2) is 0 Å². The number of hydrogen-bond donors (Lipinski definition) is 2. The van der Waals surface area contributed by atoms with Crippen LogP contribution < -0.4 is 5.32 Å². The molecule has 0 aliphatic carbocycles. The Bertz CT molecular complexity index is 102. The Morgan fingerprint density at radius 2 is 1.83 bits per heavy atom. The van der Waals surface area contributed by atoms with Crippen LogP contribution in [0, 0.1) is 5.92 Å². The molecule has 0 fully saturated rings. The highest BCUT2D eigenvalue weighted by atomic mass is 16.3. The fraction of sp³-hybridized carbons (Fsp3) is 1.00. The Balaban J connectivity index is 3.63. The highest BCUT2D eigenvalue weighted by Gasteiger charge is 2.12. The van der Waals surface area contributed by atoms with Crippen molar-refractivity contribution in [2.24, 2.45) is 5.92 Å². The summed E-state index contributed by atoms with van der Waals surface area (Å²) in [6, 6.07) is 0.275. The van der Waals surface area contributed by atoms with Crippen LogP contribution >= 0.6 is 0 Å². The molecule has 0 spiro atoms. The Labute approximate surface area is 76.4 Å². The molecule has 0 aromatic heterocycles. The van der Waals surface area contributed by atoms with E-state index in [0.717, 1.165) is 19.4 Å². The Hall–Kier alpha value is -0.0800. The summed E-state index contributed by atoms with van der Waals surface area (Å²) in [5.74, 6) is 0.656. The average molecular weight is 173 g/mol. The van der Waals surface area contributed by atoms with Gasteiger partial charge in [-0.1, -0.05) is 27.2 Å². The molecule has 0 aromatic rings. The van der Waals surface area contributed by atoms with Crippen LogP contribution in [0.4, 0.5) is 0 Å². The standard InChI is InChI=1S/C10H23NO/c1-5-6-10(9(4)12)11-7-8(2)3/h8-12H,5-7H2,1-4H3. The Kier molecular flexibility index (Phi) is 6.39. The molecule has 0 saturated carbocycles. The first-order valence-electron chi connectivity index (χ1n) is 4.99. The first-order valence-corrected chi connectivity index (χ1v) is 4.99. The van der Waals surface area contributed by atoms with Crippen LogP contribution in [0.2, 0.25) is 0 Å². The number of hydrogen-bond acceptors (Lipinski definition) is 2. The average Bonchev–Trinajstić information content (AvgIpc) is 1.96. The molecule has 0 rings (SSSR count). The quantitative estimate of drug-likeness (QED) is 0.641. The van der Waals surface area contributed by atoms with Crippen molar-refractivity contribution < 1.29 is 5.11 Å². The third kappa shape index (κ3) is 5.56. The SMILES string of the molecule is CCCC(NCC(C)C)C(C)O. The van der Waals surface area contributed by atoms with Gasteiger partial charge in [0.05, 0.1) is 6.10 Å². The molecule has 2 N–H and O–H groups in total. The van der Waals surface area contributed by atoms with Gasteiger partial charge in [-0.25, -0.2) is 0 Å². The van der Waals surface area contributed by atoms with Crippen molar-refractivity contribution in [2.45, 2.75) is 52.7 Å². The van der Waals surface area contributed by atoms with Crippen molar-refractivity contribution in [1.82, 2.24) is 5.32 Å². The molecule has 2 atom stereocenters. The molecule has 2 heteroatoms. The minimum absolute atomic E-state index is 0.233. The van der Waals surface area contributed by atoms with E-state index in [0.29, 0.717) is 5.92 Å². The normalized spacial score (nSPS) is 16.5. The zero-order valence-corrected chi connectivity index (χ0v) is 8.80. The van der Waals surface area contributed by atoms with Crippen molar-refractivity contribution in [3.8, 4) is 0 Å². The monoisotopic (exact) mass is 173 g/mol. The van der Waals surface area contributed by atoms with E-state index in [1.165, 1.54) is 0 Å². The highest BCUT2D eigenvalue weighted by molar-refractivity contribution is 4.72. The topological polar surface area (TPSA) is 32.3 Å².